The molecule has 0 saturated carbocycles. The Morgan fingerprint density at radius 1 is 1.30 bits per heavy atom. The van der Waals surface area contributed by atoms with Gasteiger partial charge in [0.2, 0.25) is 0 Å². The van der Waals surface area contributed by atoms with Crippen molar-refractivity contribution < 1.29 is 14.2 Å². The van der Waals surface area contributed by atoms with Crippen molar-refractivity contribution in [2.24, 2.45) is 10.9 Å². The van der Waals surface area contributed by atoms with Crippen LogP contribution in [0.4, 0.5) is 5.69 Å². The van der Waals surface area contributed by atoms with Crippen LogP contribution in [0.15, 0.2) is 29.3 Å². The summed E-state index contributed by atoms with van der Waals surface area (Å²) in [7, 11) is 1.73. The number of para-hydroxylation sites is 2. The topological polar surface area (TPSA) is 67.4 Å². The predicted octanol–water partition coefficient (Wildman–Crippen LogP) is 2.89. The first-order valence-corrected chi connectivity index (χ1v) is 10.9. The number of methoxy groups -OCH3 is 1. The first-order valence-electron chi connectivity index (χ1n) is 10.9. The van der Waals surface area contributed by atoms with Crippen LogP contribution in [0.25, 0.3) is 0 Å². The average Bonchev–Trinajstić information content (AvgIpc) is 3.43. The van der Waals surface area contributed by atoms with Crippen molar-refractivity contribution >= 4 is 35.6 Å². The molecule has 30 heavy (non-hydrogen) atoms. The van der Waals surface area contributed by atoms with E-state index in [1.165, 1.54) is 0 Å². The number of hydrogen-bond donors (Lipinski definition) is 2. The second-order valence-corrected chi connectivity index (χ2v) is 7.67. The normalized spacial score (nSPS) is 21.4. The van der Waals surface area contributed by atoms with Gasteiger partial charge in [0.15, 0.2) is 5.96 Å². The number of nitrogens with one attached hydrogen (secondary N) is 2. The van der Waals surface area contributed by atoms with Crippen LogP contribution in [0.3, 0.4) is 0 Å². The number of benzene rings is 1. The van der Waals surface area contributed by atoms with Crippen molar-refractivity contribution in [3.63, 3.8) is 0 Å². The van der Waals surface area contributed by atoms with Gasteiger partial charge in [0, 0.05) is 51.4 Å². The third kappa shape index (κ3) is 7.77. The summed E-state index contributed by atoms with van der Waals surface area (Å²) in [6.07, 6.45) is 3.14. The highest BCUT2D eigenvalue weighted by Gasteiger charge is 2.25. The molecule has 1 aromatic rings. The minimum atomic E-state index is 0. The van der Waals surface area contributed by atoms with Crippen LogP contribution in [0, 0.1) is 5.92 Å². The number of aliphatic imine (C=N–C) groups is 1. The Morgan fingerprint density at radius 3 is 2.93 bits per heavy atom. The second kappa shape index (κ2) is 13.9. The van der Waals surface area contributed by atoms with Gasteiger partial charge in [-0.15, -0.1) is 24.0 Å². The molecule has 0 amide bonds. The Balaban J connectivity index is 0.00000320. The van der Waals surface area contributed by atoms with Crippen LogP contribution >= 0.6 is 24.0 Å². The summed E-state index contributed by atoms with van der Waals surface area (Å²) < 4.78 is 16.7. The van der Waals surface area contributed by atoms with E-state index in [0.29, 0.717) is 12.0 Å². The number of ether oxygens (including phenoxy) is 3. The molecule has 2 N–H and O–H groups in total. The van der Waals surface area contributed by atoms with Crippen molar-refractivity contribution in [2.75, 3.05) is 64.6 Å². The third-order valence-corrected chi connectivity index (χ3v) is 5.39. The molecule has 2 aliphatic rings. The molecule has 2 saturated heterocycles. The van der Waals surface area contributed by atoms with Crippen LogP contribution in [-0.2, 0) is 9.47 Å². The summed E-state index contributed by atoms with van der Waals surface area (Å²) in [6, 6.07) is 8.58. The molecule has 0 bridgehead atoms. The monoisotopic (exact) mass is 532 g/mol. The van der Waals surface area contributed by atoms with Crippen LogP contribution < -0.4 is 20.3 Å². The summed E-state index contributed by atoms with van der Waals surface area (Å²) in [6.45, 7) is 8.96. The average molecular weight is 532 g/mol. The van der Waals surface area contributed by atoms with Gasteiger partial charge in [0.25, 0.3) is 0 Å². The van der Waals surface area contributed by atoms with E-state index in [2.05, 4.69) is 34.6 Å². The fourth-order valence-electron chi connectivity index (χ4n) is 3.82. The number of nitrogens with zero attached hydrogens (tertiary/aromatic N) is 2. The quantitative estimate of drug-likeness (QED) is 0.209. The van der Waals surface area contributed by atoms with E-state index in [-0.39, 0.29) is 24.0 Å². The molecule has 170 valence electrons. The highest BCUT2D eigenvalue weighted by molar-refractivity contribution is 14.0. The van der Waals surface area contributed by atoms with Gasteiger partial charge in [0.05, 0.1) is 26.0 Å². The van der Waals surface area contributed by atoms with Crippen LogP contribution in [0.1, 0.15) is 26.2 Å². The zero-order chi connectivity index (χ0) is 20.3. The maximum atomic E-state index is 5.77. The molecule has 2 unspecified atom stereocenters. The second-order valence-electron chi connectivity index (χ2n) is 7.67. The number of anilines is 1. The van der Waals surface area contributed by atoms with E-state index < -0.39 is 0 Å². The van der Waals surface area contributed by atoms with Crippen molar-refractivity contribution in [3.8, 4) is 5.75 Å². The number of halogens is 1. The van der Waals surface area contributed by atoms with E-state index >= 15 is 0 Å². The van der Waals surface area contributed by atoms with Gasteiger partial charge in [-0.05, 0) is 38.3 Å². The lowest BCUT2D eigenvalue weighted by Crippen LogP contribution is -2.44. The smallest absolute Gasteiger partial charge is 0.191 e. The van der Waals surface area contributed by atoms with E-state index in [1.54, 1.807) is 7.11 Å². The van der Waals surface area contributed by atoms with E-state index in [1.807, 2.05) is 12.1 Å². The molecule has 0 aromatic heterocycles. The highest BCUT2D eigenvalue weighted by atomic mass is 127. The Morgan fingerprint density at radius 2 is 2.17 bits per heavy atom. The summed E-state index contributed by atoms with van der Waals surface area (Å²) in [4.78, 5) is 7.10. The molecular formula is C22H37IN4O3. The van der Waals surface area contributed by atoms with Gasteiger partial charge >= 0.3 is 0 Å². The zero-order valence-electron chi connectivity index (χ0n) is 18.3. The number of rotatable bonds is 10. The molecule has 0 radical (unpaired) electrons. The standard InChI is InChI=1S/C22H36N4O3.HI/c1-3-23-22(24-11-6-13-28-16-18-10-14-29-17-18)25-19-9-12-26(15-19)20-7-4-5-8-21(20)27-2;/h4-5,7-8,18-19H,3,6,9-17H2,1-2H3,(H2,23,24,25);1H. The van der Waals surface area contributed by atoms with E-state index in [9.17, 15) is 0 Å². The molecule has 2 aliphatic heterocycles. The Labute approximate surface area is 197 Å². The Kier molecular flexibility index (Phi) is 11.6. The van der Waals surface area contributed by atoms with E-state index in [0.717, 1.165) is 89.3 Å². The van der Waals surface area contributed by atoms with Crippen molar-refractivity contribution in [1.82, 2.24) is 10.6 Å². The van der Waals surface area contributed by atoms with Crippen molar-refractivity contribution in [1.29, 1.82) is 0 Å². The molecule has 7 nitrogen and oxygen atoms in total. The SMILES string of the molecule is CCNC(=NCCCOCC1CCOC1)NC1CCN(c2ccccc2OC)C1.I. The minimum Gasteiger partial charge on any atom is -0.495 e. The number of guanidine groups is 1. The lowest BCUT2D eigenvalue weighted by Gasteiger charge is -2.22. The molecule has 8 heteroatoms. The van der Waals surface area contributed by atoms with E-state index in [4.69, 9.17) is 19.2 Å². The minimum absolute atomic E-state index is 0. The van der Waals surface area contributed by atoms with Crippen molar-refractivity contribution in [3.05, 3.63) is 24.3 Å². The molecule has 2 atom stereocenters. The molecule has 2 fully saturated rings. The van der Waals surface area contributed by atoms with Crippen LogP contribution in [0.5, 0.6) is 5.75 Å². The predicted molar refractivity (Wildman–Crippen MR) is 133 cm³/mol. The fourth-order valence-corrected chi connectivity index (χ4v) is 3.82. The number of hydrogen-bond acceptors (Lipinski definition) is 5. The fraction of sp³-hybridized carbons (Fsp3) is 0.682. The zero-order valence-corrected chi connectivity index (χ0v) is 20.6. The first-order chi connectivity index (χ1) is 14.3. The molecular weight excluding hydrogens is 495 g/mol. The third-order valence-electron chi connectivity index (χ3n) is 5.39. The lowest BCUT2D eigenvalue weighted by molar-refractivity contribution is 0.0893. The highest BCUT2D eigenvalue weighted by Crippen LogP contribution is 2.30. The largest absolute Gasteiger partial charge is 0.495 e. The Hall–Kier alpha value is -1.26. The van der Waals surface area contributed by atoms with Crippen LogP contribution in [-0.4, -0.2) is 71.7 Å². The van der Waals surface area contributed by atoms with Gasteiger partial charge in [0.1, 0.15) is 5.75 Å². The molecule has 3 rings (SSSR count). The lowest BCUT2D eigenvalue weighted by atomic mass is 10.1. The van der Waals surface area contributed by atoms with Gasteiger partial charge in [-0.2, -0.15) is 0 Å². The summed E-state index contributed by atoms with van der Waals surface area (Å²) in [5.41, 5.74) is 1.16. The maximum Gasteiger partial charge on any atom is 0.191 e. The molecule has 0 aliphatic carbocycles. The van der Waals surface area contributed by atoms with Gasteiger partial charge in [-0.1, -0.05) is 12.1 Å². The van der Waals surface area contributed by atoms with Crippen LogP contribution in [0.2, 0.25) is 0 Å². The molecule has 0 spiro atoms. The maximum absolute atomic E-state index is 5.77. The van der Waals surface area contributed by atoms with Crippen molar-refractivity contribution in [2.45, 2.75) is 32.2 Å². The summed E-state index contributed by atoms with van der Waals surface area (Å²) in [5, 5.41) is 6.95. The van der Waals surface area contributed by atoms with Gasteiger partial charge in [-0.25, -0.2) is 0 Å². The van der Waals surface area contributed by atoms with Gasteiger partial charge in [-0.3, -0.25) is 4.99 Å². The van der Waals surface area contributed by atoms with Gasteiger partial charge < -0.3 is 29.7 Å². The molecule has 2 heterocycles. The summed E-state index contributed by atoms with van der Waals surface area (Å²) in [5.74, 6) is 2.40. The Bertz CT molecular complexity index is 641. The molecule has 1 aromatic carbocycles. The summed E-state index contributed by atoms with van der Waals surface area (Å²) >= 11 is 0. The first kappa shape index (κ1) is 25.0.